The molecule has 1 spiro atoms. The van der Waals surface area contributed by atoms with E-state index < -0.39 is 47.0 Å². The van der Waals surface area contributed by atoms with Crippen LogP contribution < -0.4 is 5.32 Å². The van der Waals surface area contributed by atoms with Crippen LogP contribution in [0, 0.1) is 17.8 Å². The molecule has 9 heteroatoms. The van der Waals surface area contributed by atoms with Crippen LogP contribution in [0.4, 0.5) is 13.2 Å². The van der Waals surface area contributed by atoms with Gasteiger partial charge in [0.1, 0.15) is 5.54 Å². The number of nitrogens with one attached hydrogen (secondary N) is 1. The molecule has 0 aromatic heterocycles. The first-order valence-electron chi connectivity index (χ1n) is 13.2. The molecule has 6 nitrogen and oxygen atoms in total. The summed E-state index contributed by atoms with van der Waals surface area (Å²) in [6.45, 7) is 5.38. The lowest BCUT2D eigenvalue weighted by atomic mass is 9.74. The Morgan fingerprint density at radius 2 is 1.68 bits per heavy atom. The molecule has 1 N–H and O–H groups in total. The molecule has 5 rings (SSSR count). The zero-order chi connectivity index (χ0) is 27.2. The van der Waals surface area contributed by atoms with Gasteiger partial charge in [-0.2, -0.15) is 13.2 Å². The highest BCUT2D eigenvalue weighted by Crippen LogP contribution is 2.52. The Balaban J connectivity index is 1.53. The minimum absolute atomic E-state index is 0.0899. The maximum absolute atomic E-state index is 14.0. The van der Waals surface area contributed by atoms with Crippen LogP contribution in [0.2, 0.25) is 0 Å². The average molecular weight is 528 g/mol. The number of benzene rings is 2. The van der Waals surface area contributed by atoms with Crippen molar-refractivity contribution in [3.63, 3.8) is 0 Å². The number of halogens is 3. The van der Waals surface area contributed by atoms with E-state index in [1.54, 1.807) is 4.90 Å². The van der Waals surface area contributed by atoms with Gasteiger partial charge in [-0.15, -0.1) is 0 Å². The SMILES string of the molecule is CC(C)CCN1CCC[C@]2(N[C@H](c3ccc(C(F)(F)F)cc3)[C@@H]3C(=O)N(Cc4ccccc4)C(=O)[C@@H]32)C1=O. The lowest BCUT2D eigenvalue weighted by molar-refractivity contribution is -0.150. The highest BCUT2D eigenvalue weighted by atomic mass is 19.4. The Morgan fingerprint density at radius 1 is 1.00 bits per heavy atom. The average Bonchev–Trinajstić information content (AvgIpc) is 3.35. The quantitative estimate of drug-likeness (QED) is 0.560. The van der Waals surface area contributed by atoms with Gasteiger partial charge in [0, 0.05) is 19.1 Å². The van der Waals surface area contributed by atoms with Crippen molar-refractivity contribution in [2.45, 2.75) is 57.4 Å². The third kappa shape index (κ3) is 4.51. The van der Waals surface area contributed by atoms with Gasteiger partial charge in [0.15, 0.2) is 0 Å². The highest BCUT2D eigenvalue weighted by Gasteiger charge is 2.68. The van der Waals surface area contributed by atoms with Crippen LogP contribution in [0.5, 0.6) is 0 Å². The molecule has 0 saturated carbocycles. The van der Waals surface area contributed by atoms with Crippen LogP contribution in [-0.2, 0) is 27.1 Å². The molecule has 2 aromatic rings. The summed E-state index contributed by atoms with van der Waals surface area (Å²) in [5.41, 5.74) is -0.819. The van der Waals surface area contributed by atoms with Crippen molar-refractivity contribution in [3.8, 4) is 0 Å². The number of likely N-dealkylation sites (tertiary alicyclic amines) is 2. The largest absolute Gasteiger partial charge is 0.416 e. The lowest BCUT2D eigenvalue weighted by Crippen LogP contribution is -2.63. The normalized spacial score (nSPS) is 27.6. The summed E-state index contributed by atoms with van der Waals surface area (Å²) in [6, 6.07) is 13.1. The first-order valence-corrected chi connectivity index (χ1v) is 13.2. The number of piperidine rings is 1. The number of hydrogen-bond donors (Lipinski definition) is 1. The number of alkyl halides is 3. The number of carbonyl (C=O) groups is 3. The van der Waals surface area contributed by atoms with Gasteiger partial charge >= 0.3 is 6.18 Å². The van der Waals surface area contributed by atoms with Gasteiger partial charge in [0.05, 0.1) is 23.9 Å². The van der Waals surface area contributed by atoms with Crippen molar-refractivity contribution in [2.24, 2.45) is 17.8 Å². The molecule has 3 heterocycles. The van der Waals surface area contributed by atoms with Crippen molar-refractivity contribution in [1.82, 2.24) is 15.1 Å². The van der Waals surface area contributed by atoms with E-state index in [0.29, 0.717) is 37.4 Å². The Morgan fingerprint density at radius 3 is 2.32 bits per heavy atom. The Bertz CT molecular complexity index is 1220. The molecule has 3 amide bonds. The second-order valence-corrected chi connectivity index (χ2v) is 11.0. The maximum atomic E-state index is 14.0. The molecule has 202 valence electrons. The summed E-state index contributed by atoms with van der Waals surface area (Å²) in [5.74, 6) is -2.40. The van der Waals surface area contributed by atoms with E-state index in [1.807, 2.05) is 30.3 Å². The number of amides is 3. The summed E-state index contributed by atoms with van der Waals surface area (Å²) in [6.07, 6.45) is -2.63. The zero-order valence-corrected chi connectivity index (χ0v) is 21.5. The van der Waals surface area contributed by atoms with E-state index in [9.17, 15) is 27.6 Å². The van der Waals surface area contributed by atoms with Crippen LogP contribution in [-0.4, -0.2) is 46.1 Å². The summed E-state index contributed by atoms with van der Waals surface area (Å²) < 4.78 is 39.7. The molecule has 38 heavy (non-hydrogen) atoms. The van der Waals surface area contributed by atoms with Crippen molar-refractivity contribution in [1.29, 1.82) is 0 Å². The van der Waals surface area contributed by atoms with E-state index in [4.69, 9.17) is 0 Å². The fraction of sp³-hybridized carbons (Fsp3) is 0.483. The second-order valence-electron chi connectivity index (χ2n) is 11.0. The van der Waals surface area contributed by atoms with Crippen LogP contribution in [0.3, 0.4) is 0 Å². The Kier molecular flexibility index (Phi) is 6.84. The predicted molar refractivity (Wildman–Crippen MR) is 134 cm³/mol. The third-order valence-corrected chi connectivity index (χ3v) is 8.17. The number of rotatable bonds is 6. The van der Waals surface area contributed by atoms with Gasteiger partial charge in [0.25, 0.3) is 0 Å². The van der Waals surface area contributed by atoms with Crippen LogP contribution in [0.25, 0.3) is 0 Å². The number of nitrogens with zero attached hydrogens (tertiary/aromatic N) is 2. The third-order valence-electron chi connectivity index (χ3n) is 8.17. The molecule has 0 aliphatic carbocycles. The molecular weight excluding hydrogens is 495 g/mol. The van der Waals surface area contributed by atoms with Gasteiger partial charge in [-0.05, 0) is 48.4 Å². The standard InChI is InChI=1S/C29H32F3N3O3/c1-18(2)13-16-34-15-6-14-28(27(34)38)23-22(24(33-28)20-9-11-21(12-10-20)29(30,31)32)25(36)35(26(23)37)17-19-7-4-3-5-8-19/h3-5,7-12,18,22-24,33H,6,13-17H2,1-2H3/t22-,23-,24-,28-/m1/s1. The number of carbonyl (C=O) groups excluding carboxylic acids is 3. The number of hydrogen-bond acceptors (Lipinski definition) is 4. The molecule has 3 saturated heterocycles. The molecule has 3 fully saturated rings. The highest BCUT2D eigenvalue weighted by molar-refractivity contribution is 6.10. The van der Waals surface area contributed by atoms with Crippen molar-refractivity contribution in [3.05, 3.63) is 71.3 Å². The van der Waals surface area contributed by atoms with E-state index in [-0.39, 0.29) is 12.5 Å². The first kappa shape index (κ1) is 26.4. The zero-order valence-electron chi connectivity index (χ0n) is 21.5. The lowest BCUT2D eigenvalue weighted by Gasteiger charge is -2.42. The summed E-state index contributed by atoms with van der Waals surface area (Å²) in [7, 11) is 0. The number of fused-ring (bicyclic) bond motifs is 2. The molecule has 0 unspecified atom stereocenters. The summed E-state index contributed by atoms with van der Waals surface area (Å²) in [4.78, 5) is 44.7. The minimum Gasteiger partial charge on any atom is -0.341 e. The summed E-state index contributed by atoms with van der Waals surface area (Å²) >= 11 is 0. The molecule has 0 bridgehead atoms. The van der Waals surface area contributed by atoms with E-state index >= 15 is 0 Å². The van der Waals surface area contributed by atoms with E-state index in [0.717, 1.165) is 24.1 Å². The van der Waals surface area contributed by atoms with Crippen molar-refractivity contribution >= 4 is 17.7 Å². The molecule has 4 atom stereocenters. The number of imide groups is 1. The fourth-order valence-electron chi connectivity index (χ4n) is 6.24. The summed E-state index contributed by atoms with van der Waals surface area (Å²) in [5, 5.41) is 3.35. The minimum atomic E-state index is -4.49. The van der Waals surface area contributed by atoms with Crippen molar-refractivity contribution in [2.75, 3.05) is 13.1 Å². The maximum Gasteiger partial charge on any atom is 0.416 e. The van der Waals surface area contributed by atoms with Gasteiger partial charge in [-0.1, -0.05) is 56.3 Å². The van der Waals surface area contributed by atoms with E-state index in [2.05, 4.69) is 19.2 Å². The first-order chi connectivity index (χ1) is 18.0. The van der Waals surface area contributed by atoms with Crippen LogP contribution in [0.15, 0.2) is 54.6 Å². The van der Waals surface area contributed by atoms with Gasteiger partial charge in [-0.25, -0.2) is 0 Å². The van der Waals surface area contributed by atoms with Crippen LogP contribution in [0.1, 0.15) is 55.8 Å². The molecule has 0 radical (unpaired) electrons. The van der Waals surface area contributed by atoms with Crippen molar-refractivity contribution < 1.29 is 27.6 Å². The molecule has 2 aromatic carbocycles. The van der Waals surface area contributed by atoms with Gasteiger partial charge in [-0.3, -0.25) is 24.6 Å². The fourth-order valence-corrected chi connectivity index (χ4v) is 6.24. The molecular formula is C29H32F3N3O3. The Labute approximate surface area is 220 Å². The molecule has 3 aliphatic heterocycles. The smallest absolute Gasteiger partial charge is 0.341 e. The molecule has 3 aliphatic rings. The van der Waals surface area contributed by atoms with E-state index in [1.165, 1.54) is 17.0 Å². The van der Waals surface area contributed by atoms with Crippen LogP contribution >= 0.6 is 0 Å². The van der Waals surface area contributed by atoms with Gasteiger partial charge in [0.2, 0.25) is 17.7 Å². The topological polar surface area (TPSA) is 69.7 Å². The second kappa shape index (κ2) is 9.84. The predicted octanol–water partition coefficient (Wildman–Crippen LogP) is 4.56. The van der Waals surface area contributed by atoms with Gasteiger partial charge < -0.3 is 4.90 Å². The Hall–Kier alpha value is -3.20. The monoisotopic (exact) mass is 527 g/mol.